The van der Waals surface area contributed by atoms with Gasteiger partial charge in [0.05, 0.1) is 38.5 Å². The Morgan fingerprint density at radius 2 is 1.72 bits per heavy atom. The lowest BCUT2D eigenvalue weighted by Crippen LogP contribution is -2.31. The minimum atomic E-state index is -0.440. The molecule has 0 bridgehead atoms. The second-order valence-electron chi connectivity index (χ2n) is 6.80. The number of ether oxygens (including phenoxy) is 4. The molecule has 1 aromatic heterocycles. The SMILES string of the molecule is COc1cc(OC)cc([C@@H]2N=C(N)Nc3nc4cc5c(cc4n32)OCCCO5)c1. The van der Waals surface area contributed by atoms with Gasteiger partial charge in [-0.1, -0.05) is 0 Å². The number of aromatic nitrogens is 2. The molecule has 9 heteroatoms. The van der Waals surface area contributed by atoms with E-state index < -0.39 is 6.17 Å². The van der Waals surface area contributed by atoms with Crippen LogP contribution in [0.4, 0.5) is 5.95 Å². The minimum absolute atomic E-state index is 0.286. The standard InChI is InChI=1S/C20H21N5O4/c1-26-12-6-11(7-13(8-12)27-2)18-23-19(21)24-20-22-14-9-16-17(10-15(14)25(18)20)29-5-3-4-28-16/h6-10,18H,3-5H2,1-2H3,(H3,21,22,23,24)/t18-/m1/s1. The summed E-state index contributed by atoms with van der Waals surface area (Å²) in [7, 11) is 3.23. The average Bonchev–Trinajstić information content (AvgIpc) is 2.92. The number of nitrogens with one attached hydrogen (secondary N) is 1. The van der Waals surface area contributed by atoms with E-state index in [-0.39, 0.29) is 5.96 Å². The third kappa shape index (κ3) is 2.95. The van der Waals surface area contributed by atoms with Crippen LogP contribution in [0.2, 0.25) is 0 Å². The van der Waals surface area contributed by atoms with E-state index in [1.54, 1.807) is 14.2 Å². The molecule has 0 unspecified atom stereocenters. The normalized spacial score (nSPS) is 17.7. The molecule has 3 heterocycles. The number of guanidine groups is 1. The molecule has 3 aromatic rings. The first-order valence-electron chi connectivity index (χ1n) is 9.31. The molecule has 3 N–H and O–H groups in total. The number of hydrogen-bond donors (Lipinski definition) is 2. The highest BCUT2D eigenvalue weighted by Gasteiger charge is 2.27. The van der Waals surface area contributed by atoms with E-state index in [4.69, 9.17) is 29.7 Å². The highest BCUT2D eigenvalue weighted by molar-refractivity contribution is 5.95. The van der Waals surface area contributed by atoms with Gasteiger partial charge in [-0.05, 0) is 12.1 Å². The summed E-state index contributed by atoms with van der Waals surface area (Å²) in [5.41, 5.74) is 8.54. The summed E-state index contributed by atoms with van der Waals surface area (Å²) in [4.78, 5) is 9.32. The summed E-state index contributed by atoms with van der Waals surface area (Å²) >= 11 is 0. The topological polar surface area (TPSA) is 105 Å². The number of anilines is 1. The zero-order valence-electron chi connectivity index (χ0n) is 16.1. The van der Waals surface area contributed by atoms with Gasteiger partial charge in [-0.15, -0.1) is 0 Å². The van der Waals surface area contributed by atoms with Crippen molar-refractivity contribution in [2.75, 3.05) is 32.8 Å². The maximum Gasteiger partial charge on any atom is 0.212 e. The number of methoxy groups -OCH3 is 2. The summed E-state index contributed by atoms with van der Waals surface area (Å²) in [5, 5.41) is 3.04. The number of benzene rings is 2. The van der Waals surface area contributed by atoms with Gasteiger partial charge in [0.15, 0.2) is 23.6 Å². The van der Waals surface area contributed by atoms with Crippen molar-refractivity contribution in [2.24, 2.45) is 10.7 Å². The first-order chi connectivity index (χ1) is 14.2. The second-order valence-corrected chi connectivity index (χ2v) is 6.80. The van der Waals surface area contributed by atoms with Crippen molar-refractivity contribution in [2.45, 2.75) is 12.6 Å². The van der Waals surface area contributed by atoms with E-state index in [0.29, 0.717) is 42.2 Å². The van der Waals surface area contributed by atoms with Gasteiger partial charge in [-0.2, -0.15) is 0 Å². The molecule has 150 valence electrons. The van der Waals surface area contributed by atoms with E-state index in [1.807, 2.05) is 34.9 Å². The van der Waals surface area contributed by atoms with E-state index >= 15 is 0 Å². The number of nitrogens with two attached hydrogens (primary N) is 1. The lowest BCUT2D eigenvalue weighted by molar-refractivity contribution is 0.297. The van der Waals surface area contributed by atoms with Crippen LogP contribution in [0.25, 0.3) is 11.0 Å². The molecule has 1 atom stereocenters. The molecule has 0 saturated carbocycles. The van der Waals surface area contributed by atoms with Gasteiger partial charge in [0, 0.05) is 30.2 Å². The first-order valence-corrected chi connectivity index (χ1v) is 9.31. The van der Waals surface area contributed by atoms with Crippen molar-refractivity contribution in [3.8, 4) is 23.0 Å². The van der Waals surface area contributed by atoms with Gasteiger partial charge in [0.1, 0.15) is 11.5 Å². The fourth-order valence-electron chi connectivity index (χ4n) is 3.63. The van der Waals surface area contributed by atoms with Crippen molar-refractivity contribution in [1.29, 1.82) is 0 Å². The van der Waals surface area contributed by atoms with Crippen LogP contribution in [0.15, 0.2) is 35.3 Å². The molecule has 0 amide bonds. The van der Waals surface area contributed by atoms with Crippen molar-refractivity contribution in [1.82, 2.24) is 9.55 Å². The van der Waals surface area contributed by atoms with Gasteiger partial charge in [0.2, 0.25) is 5.95 Å². The zero-order valence-corrected chi connectivity index (χ0v) is 16.1. The summed E-state index contributed by atoms with van der Waals surface area (Å²) in [5.74, 6) is 3.61. The zero-order chi connectivity index (χ0) is 20.0. The predicted octanol–water partition coefficient (Wildman–Crippen LogP) is 2.50. The highest BCUT2D eigenvalue weighted by Crippen LogP contribution is 2.40. The van der Waals surface area contributed by atoms with Gasteiger partial charge in [-0.25, -0.2) is 9.98 Å². The molecule has 0 spiro atoms. The summed E-state index contributed by atoms with van der Waals surface area (Å²) in [6, 6.07) is 9.47. The molecular formula is C20H21N5O4. The molecule has 9 nitrogen and oxygen atoms in total. The van der Waals surface area contributed by atoms with Gasteiger partial charge >= 0.3 is 0 Å². The van der Waals surface area contributed by atoms with Crippen LogP contribution in [0, 0.1) is 0 Å². The van der Waals surface area contributed by atoms with E-state index in [9.17, 15) is 0 Å². The molecular weight excluding hydrogens is 374 g/mol. The Morgan fingerprint density at radius 3 is 2.41 bits per heavy atom. The second kappa shape index (κ2) is 6.77. The Hall–Kier alpha value is -3.62. The Morgan fingerprint density at radius 1 is 1.03 bits per heavy atom. The summed E-state index contributed by atoms with van der Waals surface area (Å²) in [6.45, 7) is 1.23. The third-order valence-electron chi connectivity index (χ3n) is 4.98. The van der Waals surface area contributed by atoms with Crippen LogP contribution < -0.4 is 30.0 Å². The summed E-state index contributed by atoms with van der Waals surface area (Å²) < 4.78 is 24.5. The third-order valence-corrected chi connectivity index (χ3v) is 4.98. The Labute approximate surface area is 167 Å². The van der Waals surface area contributed by atoms with Crippen LogP contribution >= 0.6 is 0 Å². The van der Waals surface area contributed by atoms with Crippen molar-refractivity contribution in [3.63, 3.8) is 0 Å². The number of imidazole rings is 1. The van der Waals surface area contributed by atoms with Crippen molar-refractivity contribution < 1.29 is 18.9 Å². The maximum absolute atomic E-state index is 6.06. The van der Waals surface area contributed by atoms with Crippen LogP contribution in [-0.2, 0) is 0 Å². The van der Waals surface area contributed by atoms with Gasteiger partial charge in [0.25, 0.3) is 0 Å². The fraction of sp³-hybridized carbons (Fsp3) is 0.300. The number of hydrogen-bond acceptors (Lipinski definition) is 8. The fourth-order valence-corrected chi connectivity index (χ4v) is 3.63. The van der Waals surface area contributed by atoms with Crippen molar-refractivity contribution >= 4 is 22.9 Å². The average molecular weight is 395 g/mol. The Kier molecular flexibility index (Phi) is 4.08. The van der Waals surface area contributed by atoms with Crippen LogP contribution in [0.5, 0.6) is 23.0 Å². The van der Waals surface area contributed by atoms with Crippen molar-refractivity contribution in [3.05, 3.63) is 35.9 Å². The molecule has 0 aliphatic carbocycles. The minimum Gasteiger partial charge on any atom is -0.497 e. The summed E-state index contributed by atoms with van der Waals surface area (Å²) in [6.07, 6.45) is 0.400. The quantitative estimate of drug-likeness (QED) is 0.702. The monoisotopic (exact) mass is 395 g/mol. The molecule has 0 saturated heterocycles. The first kappa shape index (κ1) is 17.5. The Balaban J connectivity index is 1.70. The van der Waals surface area contributed by atoms with Crippen LogP contribution in [-0.4, -0.2) is 42.9 Å². The maximum atomic E-state index is 6.06. The predicted molar refractivity (Wildman–Crippen MR) is 108 cm³/mol. The number of rotatable bonds is 3. The highest BCUT2D eigenvalue weighted by atomic mass is 16.5. The molecule has 5 rings (SSSR count). The molecule has 2 aliphatic heterocycles. The largest absolute Gasteiger partial charge is 0.497 e. The van der Waals surface area contributed by atoms with Crippen LogP contribution in [0.1, 0.15) is 18.2 Å². The molecule has 2 aromatic carbocycles. The molecule has 0 fully saturated rings. The molecule has 2 aliphatic rings. The number of fused-ring (bicyclic) bond motifs is 4. The lowest BCUT2D eigenvalue weighted by Gasteiger charge is -2.24. The molecule has 0 radical (unpaired) electrons. The molecule has 29 heavy (non-hydrogen) atoms. The smallest absolute Gasteiger partial charge is 0.212 e. The Bertz CT molecular complexity index is 1100. The van der Waals surface area contributed by atoms with Gasteiger partial charge < -0.3 is 24.7 Å². The van der Waals surface area contributed by atoms with Gasteiger partial charge in [-0.3, -0.25) is 9.88 Å². The van der Waals surface area contributed by atoms with E-state index in [2.05, 4.69) is 10.3 Å². The van der Waals surface area contributed by atoms with E-state index in [1.165, 1.54) is 0 Å². The number of aliphatic imine (C=N–C) groups is 1. The van der Waals surface area contributed by atoms with Crippen LogP contribution in [0.3, 0.4) is 0 Å². The van der Waals surface area contributed by atoms with E-state index in [0.717, 1.165) is 23.0 Å². The number of nitrogens with zero attached hydrogens (tertiary/aromatic N) is 3. The lowest BCUT2D eigenvalue weighted by atomic mass is 10.1.